The van der Waals surface area contributed by atoms with Gasteiger partial charge in [0, 0.05) is 18.2 Å². The monoisotopic (exact) mass is 382 g/mol. The van der Waals surface area contributed by atoms with Crippen LogP contribution in [0.15, 0.2) is 30.6 Å². The number of anilines is 2. The Bertz CT molecular complexity index is 1000. The minimum Gasteiger partial charge on any atom is -0.495 e. The Hall–Kier alpha value is -2.71. The predicted octanol–water partition coefficient (Wildman–Crippen LogP) is 4.74. The van der Waals surface area contributed by atoms with Crippen LogP contribution in [0.25, 0.3) is 10.9 Å². The van der Waals surface area contributed by atoms with Gasteiger partial charge in [-0.3, -0.25) is 10.1 Å². The summed E-state index contributed by atoms with van der Waals surface area (Å²) >= 11 is 12.1. The zero-order valence-corrected chi connectivity index (χ0v) is 14.1. The normalized spacial score (nSPS) is 10.7. The molecule has 3 rings (SSSR count). The van der Waals surface area contributed by atoms with Crippen LogP contribution >= 0.6 is 23.2 Å². The van der Waals surface area contributed by atoms with Crippen LogP contribution in [-0.4, -0.2) is 22.0 Å². The maximum Gasteiger partial charge on any atom is 0.305 e. The molecule has 2 aromatic carbocycles. The number of nitrogens with zero attached hydrogens (tertiary/aromatic N) is 3. The summed E-state index contributed by atoms with van der Waals surface area (Å²) in [6.07, 6.45) is 1.21. The highest BCUT2D eigenvalue weighted by Gasteiger charge is 2.18. The lowest BCUT2D eigenvalue weighted by atomic mass is 10.2. The lowest BCUT2D eigenvalue weighted by Crippen LogP contribution is -2.00. The molecule has 0 aliphatic heterocycles. The molecule has 3 aromatic rings. The molecule has 0 bridgehead atoms. The van der Waals surface area contributed by atoms with Gasteiger partial charge in [-0.1, -0.05) is 23.2 Å². The van der Waals surface area contributed by atoms with E-state index >= 15 is 0 Å². The number of fused-ring (bicyclic) bond motifs is 1. The van der Waals surface area contributed by atoms with Crippen LogP contribution in [0.1, 0.15) is 0 Å². The second kappa shape index (κ2) is 6.66. The third-order valence-electron chi connectivity index (χ3n) is 3.40. The van der Waals surface area contributed by atoms with E-state index < -0.39 is 16.4 Å². The molecule has 1 N–H and O–H groups in total. The van der Waals surface area contributed by atoms with E-state index in [-0.39, 0.29) is 21.7 Å². The van der Waals surface area contributed by atoms with E-state index in [4.69, 9.17) is 27.9 Å². The first-order chi connectivity index (χ1) is 11.9. The van der Waals surface area contributed by atoms with Gasteiger partial charge in [0.1, 0.15) is 17.9 Å². The second-order valence-electron chi connectivity index (χ2n) is 4.89. The van der Waals surface area contributed by atoms with Gasteiger partial charge in [0.2, 0.25) is 5.82 Å². The van der Waals surface area contributed by atoms with Gasteiger partial charge in [0.05, 0.1) is 38.7 Å². The van der Waals surface area contributed by atoms with Crippen molar-refractivity contribution >= 4 is 51.3 Å². The fourth-order valence-electron chi connectivity index (χ4n) is 2.21. The number of aromatic nitrogens is 2. The second-order valence-corrected chi connectivity index (χ2v) is 5.71. The van der Waals surface area contributed by atoms with E-state index in [1.54, 1.807) is 6.07 Å². The van der Waals surface area contributed by atoms with Crippen LogP contribution in [0, 0.1) is 15.9 Å². The average molecular weight is 383 g/mol. The van der Waals surface area contributed by atoms with Crippen molar-refractivity contribution in [2.24, 2.45) is 0 Å². The predicted molar refractivity (Wildman–Crippen MR) is 92.4 cm³/mol. The average Bonchev–Trinajstić information content (AvgIpc) is 2.56. The van der Waals surface area contributed by atoms with Crippen LogP contribution in [0.3, 0.4) is 0 Å². The molecule has 0 atom stereocenters. The highest BCUT2D eigenvalue weighted by atomic mass is 35.5. The third-order valence-corrected chi connectivity index (χ3v) is 4.00. The van der Waals surface area contributed by atoms with Gasteiger partial charge in [0.25, 0.3) is 0 Å². The number of nitro groups is 1. The van der Waals surface area contributed by atoms with Crippen molar-refractivity contribution in [3.05, 3.63) is 56.6 Å². The molecule has 10 heteroatoms. The summed E-state index contributed by atoms with van der Waals surface area (Å²) in [5.74, 6) is -0.378. The van der Waals surface area contributed by atoms with Crippen LogP contribution in [0.4, 0.5) is 21.6 Å². The Balaban J connectivity index is 2.13. The fraction of sp³-hybridized carbons (Fsp3) is 0.0667. The molecule has 128 valence electrons. The number of halogens is 3. The van der Waals surface area contributed by atoms with Crippen molar-refractivity contribution in [1.82, 2.24) is 9.97 Å². The lowest BCUT2D eigenvalue weighted by Gasteiger charge is -2.12. The minimum absolute atomic E-state index is 0.206. The maximum atomic E-state index is 13.8. The Morgan fingerprint density at radius 1 is 1.20 bits per heavy atom. The van der Waals surface area contributed by atoms with E-state index in [1.165, 1.54) is 19.5 Å². The van der Waals surface area contributed by atoms with E-state index in [0.717, 1.165) is 12.1 Å². The van der Waals surface area contributed by atoms with Crippen molar-refractivity contribution in [3.63, 3.8) is 0 Å². The quantitative estimate of drug-likeness (QED) is 0.517. The number of benzene rings is 2. The third kappa shape index (κ3) is 3.26. The molecule has 25 heavy (non-hydrogen) atoms. The zero-order valence-electron chi connectivity index (χ0n) is 12.6. The van der Waals surface area contributed by atoms with Crippen molar-refractivity contribution in [2.75, 3.05) is 12.4 Å². The Labute approximate surface area is 150 Å². The van der Waals surface area contributed by atoms with E-state index in [1.807, 2.05) is 0 Å². The highest BCUT2D eigenvalue weighted by Crippen LogP contribution is 2.36. The molecule has 0 unspecified atom stereocenters. The molecular formula is C15H9Cl2FN4O3. The van der Waals surface area contributed by atoms with Gasteiger partial charge >= 0.3 is 5.69 Å². The lowest BCUT2D eigenvalue weighted by molar-refractivity contribution is -0.387. The zero-order chi connectivity index (χ0) is 18.1. The molecule has 0 amide bonds. The highest BCUT2D eigenvalue weighted by molar-refractivity contribution is 6.37. The van der Waals surface area contributed by atoms with E-state index in [2.05, 4.69) is 15.3 Å². The number of nitrogens with one attached hydrogen (secondary N) is 1. The Kier molecular flexibility index (Phi) is 4.56. The summed E-state index contributed by atoms with van der Waals surface area (Å²) in [6, 6.07) is 5.07. The molecule has 0 fully saturated rings. The van der Waals surface area contributed by atoms with Crippen molar-refractivity contribution in [1.29, 1.82) is 0 Å². The number of hydrogen-bond donors (Lipinski definition) is 1. The first-order valence-corrected chi connectivity index (χ1v) is 7.55. The molecule has 7 nitrogen and oxygen atoms in total. The minimum atomic E-state index is -0.978. The number of ether oxygens (including phenoxy) is 1. The van der Waals surface area contributed by atoms with Crippen molar-refractivity contribution < 1.29 is 14.1 Å². The molecule has 0 aliphatic carbocycles. The fourth-order valence-corrected chi connectivity index (χ4v) is 2.72. The SMILES string of the molecule is COc1cc(Nc2ncnc3cc(F)c([N+](=O)[O-])cc23)c(Cl)cc1Cl. The molecule has 0 saturated heterocycles. The Morgan fingerprint density at radius 2 is 1.96 bits per heavy atom. The first kappa shape index (κ1) is 17.1. The Morgan fingerprint density at radius 3 is 2.64 bits per heavy atom. The van der Waals surface area contributed by atoms with Crippen LogP contribution < -0.4 is 10.1 Å². The summed E-state index contributed by atoms with van der Waals surface area (Å²) in [7, 11) is 1.45. The number of methoxy groups -OCH3 is 1. The van der Waals surface area contributed by atoms with Crippen molar-refractivity contribution in [3.8, 4) is 5.75 Å². The maximum absolute atomic E-state index is 13.8. The van der Waals surface area contributed by atoms with Crippen LogP contribution in [0.5, 0.6) is 5.75 Å². The van der Waals surface area contributed by atoms with Gasteiger partial charge in [-0.2, -0.15) is 4.39 Å². The number of rotatable bonds is 4. The van der Waals surface area contributed by atoms with Gasteiger partial charge in [-0.25, -0.2) is 9.97 Å². The standard InChI is InChI=1S/C15H9Cl2FN4O3/c1-25-14-5-12(8(16)3-9(14)17)21-15-7-2-13(22(23)24)10(18)4-11(7)19-6-20-15/h2-6H,1H3,(H,19,20,21). The molecule has 1 heterocycles. The summed E-state index contributed by atoms with van der Waals surface area (Å²) in [6.45, 7) is 0. The van der Waals surface area contributed by atoms with Gasteiger partial charge < -0.3 is 10.1 Å². The largest absolute Gasteiger partial charge is 0.495 e. The topological polar surface area (TPSA) is 90.2 Å². The van der Waals surface area contributed by atoms with E-state index in [0.29, 0.717) is 16.5 Å². The summed E-state index contributed by atoms with van der Waals surface area (Å²) in [5, 5.41) is 14.8. The molecule has 0 spiro atoms. The smallest absolute Gasteiger partial charge is 0.305 e. The van der Waals surface area contributed by atoms with Crippen LogP contribution in [0.2, 0.25) is 10.0 Å². The van der Waals surface area contributed by atoms with Crippen molar-refractivity contribution in [2.45, 2.75) is 0 Å². The first-order valence-electron chi connectivity index (χ1n) is 6.79. The summed E-state index contributed by atoms with van der Waals surface area (Å²) in [5.41, 5.74) is -0.0577. The van der Waals surface area contributed by atoms with Gasteiger partial charge in [-0.05, 0) is 6.07 Å². The molecule has 1 aromatic heterocycles. The number of nitro benzene ring substituents is 1. The van der Waals surface area contributed by atoms with Crippen LogP contribution in [-0.2, 0) is 0 Å². The molecule has 0 aliphatic rings. The molecule has 0 radical (unpaired) electrons. The molecule has 0 saturated carbocycles. The number of hydrogen-bond acceptors (Lipinski definition) is 6. The molecular weight excluding hydrogens is 374 g/mol. The van der Waals surface area contributed by atoms with Gasteiger partial charge in [-0.15, -0.1) is 0 Å². The van der Waals surface area contributed by atoms with Gasteiger partial charge in [0.15, 0.2) is 0 Å². The van der Waals surface area contributed by atoms with E-state index in [9.17, 15) is 14.5 Å². The summed E-state index contributed by atoms with van der Waals surface area (Å²) < 4.78 is 18.9. The summed E-state index contributed by atoms with van der Waals surface area (Å²) in [4.78, 5) is 18.1.